The van der Waals surface area contributed by atoms with Gasteiger partial charge in [0, 0.05) is 26.2 Å². The van der Waals surface area contributed by atoms with Gasteiger partial charge in [-0.3, -0.25) is 9.69 Å². The van der Waals surface area contributed by atoms with Crippen LogP contribution in [0.5, 0.6) is 0 Å². The summed E-state index contributed by atoms with van der Waals surface area (Å²) < 4.78 is 13.8. The molecule has 1 heterocycles. The summed E-state index contributed by atoms with van der Waals surface area (Å²) in [6, 6.07) is 25.7. The van der Waals surface area contributed by atoms with E-state index in [1.54, 1.807) is 13.0 Å². The van der Waals surface area contributed by atoms with Crippen molar-refractivity contribution < 1.29 is 9.18 Å². The van der Waals surface area contributed by atoms with Crippen LogP contribution in [0.25, 0.3) is 0 Å². The molecule has 4 rings (SSSR count). The van der Waals surface area contributed by atoms with E-state index in [2.05, 4.69) is 22.3 Å². The summed E-state index contributed by atoms with van der Waals surface area (Å²) in [4.78, 5) is 15.4. The van der Waals surface area contributed by atoms with Gasteiger partial charge in [-0.25, -0.2) is 4.39 Å². The molecule has 1 aliphatic rings. The Morgan fingerprint density at radius 1 is 0.968 bits per heavy atom. The maximum Gasteiger partial charge on any atom is 0.224 e. The van der Waals surface area contributed by atoms with Gasteiger partial charge in [0.25, 0.3) is 0 Å². The first-order valence-corrected chi connectivity index (χ1v) is 10.9. The summed E-state index contributed by atoms with van der Waals surface area (Å²) in [5.74, 6) is 0.00377. The van der Waals surface area contributed by atoms with Gasteiger partial charge in [-0.1, -0.05) is 72.8 Å². The monoisotopic (exact) mass is 416 g/mol. The summed E-state index contributed by atoms with van der Waals surface area (Å²) in [5.41, 5.74) is 4.10. The third-order valence-electron chi connectivity index (χ3n) is 6.11. The van der Waals surface area contributed by atoms with Gasteiger partial charge in [0.2, 0.25) is 5.91 Å². The molecule has 1 fully saturated rings. The average molecular weight is 417 g/mol. The van der Waals surface area contributed by atoms with Crippen molar-refractivity contribution in [1.82, 2.24) is 10.2 Å². The summed E-state index contributed by atoms with van der Waals surface area (Å²) >= 11 is 0. The second-order valence-corrected chi connectivity index (χ2v) is 8.52. The van der Waals surface area contributed by atoms with Crippen molar-refractivity contribution in [2.45, 2.75) is 32.4 Å². The Hall–Kier alpha value is -2.98. The molecule has 1 aliphatic heterocycles. The fraction of sp³-hybridized carbons (Fsp3) is 0.296. The zero-order chi connectivity index (χ0) is 21.6. The van der Waals surface area contributed by atoms with Crippen molar-refractivity contribution >= 4 is 5.91 Å². The molecule has 3 aromatic carbocycles. The van der Waals surface area contributed by atoms with E-state index in [4.69, 9.17) is 0 Å². The minimum atomic E-state index is -0.183. The molecule has 1 N–H and O–H groups in total. The van der Waals surface area contributed by atoms with Crippen LogP contribution in [0.3, 0.4) is 0 Å². The number of likely N-dealkylation sites (tertiary alicyclic amines) is 1. The van der Waals surface area contributed by atoms with Crippen molar-refractivity contribution in [3.63, 3.8) is 0 Å². The molecule has 2 unspecified atom stereocenters. The highest BCUT2D eigenvalue weighted by Crippen LogP contribution is 2.32. The maximum atomic E-state index is 13.8. The van der Waals surface area contributed by atoms with Gasteiger partial charge in [0.1, 0.15) is 5.82 Å². The Labute approximate surface area is 183 Å². The van der Waals surface area contributed by atoms with Crippen LogP contribution in [0.1, 0.15) is 34.6 Å². The Morgan fingerprint density at radius 2 is 1.65 bits per heavy atom. The van der Waals surface area contributed by atoms with Gasteiger partial charge >= 0.3 is 0 Å². The molecule has 0 aliphatic carbocycles. The normalized spacial score (nSPS) is 19.2. The number of hydrogen-bond acceptors (Lipinski definition) is 2. The van der Waals surface area contributed by atoms with E-state index in [1.165, 1.54) is 5.56 Å². The number of benzene rings is 3. The number of carbonyl (C=O) groups is 1. The number of halogens is 1. The Morgan fingerprint density at radius 3 is 2.32 bits per heavy atom. The molecule has 1 amide bonds. The van der Waals surface area contributed by atoms with Crippen LogP contribution in [0.15, 0.2) is 78.9 Å². The molecule has 4 heteroatoms. The predicted molar refractivity (Wildman–Crippen MR) is 122 cm³/mol. The van der Waals surface area contributed by atoms with E-state index in [1.807, 2.05) is 60.7 Å². The lowest BCUT2D eigenvalue weighted by Gasteiger charge is -2.37. The number of nitrogens with zero attached hydrogens (tertiary/aromatic N) is 1. The molecule has 3 nitrogen and oxygen atoms in total. The predicted octanol–water partition coefficient (Wildman–Crippen LogP) is 5.06. The summed E-state index contributed by atoms with van der Waals surface area (Å²) in [6.07, 6.45) is 0.775. The van der Waals surface area contributed by atoms with Crippen LogP contribution in [-0.2, 0) is 17.9 Å². The van der Waals surface area contributed by atoms with Gasteiger partial charge in [-0.05, 0) is 47.6 Å². The first-order valence-electron chi connectivity index (χ1n) is 10.9. The third-order valence-corrected chi connectivity index (χ3v) is 6.11. The highest BCUT2D eigenvalue weighted by atomic mass is 19.1. The van der Waals surface area contributed by atoms with E-state index in [0.29, 0.717) is 12.1 Å². The zero-order valence-corrected chi connectivity index (χ0v) is 17.9. The molecule has 0 aromatic heterocycles. The number of piperidine rings is 1. The first-order chi connectivity index (χ1) is 15.1. The molecular weight excluding hydrogens is 387 g/mol. The van der Waals surface area contributed by atoms with E-state index in [0.717, 1.165) is 37.2 Å². The molecule has 0 bridgehead atoms. The molecule has 3 aromatic rings. The zero-order valence-electron chi connectivity index (χ0n) is 17.9. The highest BCUT2D eigenvalue weighted by Gasteiger charge is 2.32. The second kappa shape index (κ2) is 9.88. The number of rotatable bonds is 6. The molecule has 0 saturated carbocycles. The highest BCUT2D eigenvalue weighted by molar-refractivity contribution is 5.79. The van der Waals surface area contributed by atoms with E-state index < -0.39 is 0 Å². The molecule has 31 heavy (non-hydrogen) atoms. The molecule has 0 radical (unpaired) electrons. The summed E-state index contributed by atoms with van der Waals surface area (Å²) in [7, 11) is 0. The van der Waals surface area contributed by atoms with Crippen molar-refractivity contribution in [2.24, 2.45) is 5.92 Å². The smallest absolute Gasteiger partial charge is 0.224 e. The van der Waals surface area contributed by atoms with Crippen LogP contribution in [-0.4, -0.2) is 23.9 Å². The molecule has 2 atom stereocenters. The lowest BCUT2D eigenvalue weighted by molar-refractivity contribution is -0.127. The minimum absolute atomic E-state index is 0.0884. The topological polar surface area (TPSA) is 32.3 Å². The fourth-order valence-corrected chi connectivity index (χ4v) is 4.44. The fourth-order valence-electron chi connectivity index (χ4n) is 4.44. The second-order valence-electron chi connectivity index (χ2n) is 8.52. The van der Waals surface area contributed by atoms with Crippen molar-refractivity contribution in [3.05, 3.63) is 107 Å². The van der Waals surface area contributed by atoms with Crippen LogP contribution < -0.4 is 5.32 Å². The Kier molecular flexibility index (Phi) is 6.78. The van der Waals surface area contributed by atoms with Gasteiger partial charge in [-0.15, -0.1) is 0 Å². The maximum absolute atomic E-state index is 13.8. The van der Waals surface area contributed by atoms with Gasteiger partial charge in [-0.2, -0.15) is 0 Å². The number of nitrogens with one attached hydrogen (secondary N) is 1. The summed E-state index contributed by atoms with van der Waals surface area (Å²) in [6.45, 7) is 4.73. The largest absolute Gasteiger partial charge is 0.352 e. The quantitative estimate of drug-likeness (QED) is 0.609. The number of carbonyl (C=O) groups excluding carboxylic acids is 1. The molecule has 160 valence electrons. The third kappa shape index (κ3) is 5.59. The minimum Gasteiger partial charge on any atom is -0.352 e. The SMILES string of the molecule is Cc1cc(C2CC(C(=O)NCc3ccccc3)CN(Cc3ccccc3)C2)ccc1F. The standard InChI is InChI=1S/C27H29FN2O/c1-20-14-23(12-13-26(20)28)24-15-25(27(31)29-16-21-8-4-2-5-9-21)19-30(18-24)17-22-10-6-3-7-11-22/h2-14,24-25H,15-19H2,1H3,(H,29,31). The Balaban J connectivity index is 1.50. The lowest BCUT2D eigenvalue weighted by atomic mass is 9.83. The molecule has 0 spiro atoms. The van der Waals surface area contributed by atoms with Crippen LogP contribution in [0, 0.1) is 18.7 Å². The van der Waals surface area contributed by atoms with Crippen LogP contribution >= 0.6 is 0 Å². The van der Waals surface area contributed by atoms with E-state index >= 15 is 0 Å². The van der Waals surface area contributed by atoms with Crippen molar-refractivity contribution in [3.8, 4) is 0 Å². The van der Waals surface area contributed by atoms with E-state index in [-0.39, 0.29) is 23.6 Å². The van der Waals surface area contributed by atoms with E-state index in [9.17, 15) is 9.18 Å². The molecule has 1 saturated heterocycles. The number of aryl methyl sites for hydroxylation is 1. The van der Waals surface area contributed by atoms with Crippen molar-refractivity contribution in [1.29, 1.82) is 0 Å². The van der Waals surface area contributed by atoms with Crippen molar-refractivity contribution in [2.75, 3.05) is 13.1 Å². The summed E-state index contributed by atoms with van der Waals surface area (Å²) in [5, 5.41) is 3.12. The van der Waals surface area contributed by atoms with Crippen LogP contribution in [0.4, 0.5) is 4.39 Å². The van der Waals surface area contributed by atoms with Gasteiger partial charge < -0.3 is 5.32 Å². The number of amides is 1. The number of hydrogen-bond donors (Lipinski definition) is 1. The van der Waals surface area contributed by atoms with Gasteiger partial charge in [0.15, 0.2) is 0 Å². The average Bonchev–Trinajstić information content (AvgIpc) is 2.80. The molecular formula is C27H29FN2O. The van der Waals surface area contributed by atoms with Gasteiger partial charge in [0.05, 0.1) is 5.92 Å². The Bertz CT molecular complexity index is 1010. The van der Waals surface area contributed by atoms with Crippen LogP contribution in [0.2, 0.25) is 0 Å². The first kappa shape index (κ1) is 21.3. The lowest BCUT2D eigenvalue weighted by Crippen LogP contribution is -2.45.